The molecular formula is C25H30N6O2. The zero-order valence-electron chi connectivity index (χ0n) is 19.7. The van der Waals surface area contributed by atoms with Gasteiger partial charge in [0.05, 0.1) is 22.8 Å². The van der Waals surface area contributed by atoms with Crippen LogP contribution in [-0.4, -0.2) is 38.1 Å². The monoisotopic (exact) mass is 446 g/mol. The molecular weight excluding hydrogens is 416 g/mol. The van der Waals surface area contributed by atoms with Crippen molar-refractivity contribution in [1.29, 1.82) is 5.26 Å². The molecule has 0 saturated carbocycles. The van der Waals surface area contributed by atoms with Gasteiger partial charge >= 0.3 is 5.69 Å². The summed E-state index contributed by atoms with van der Waals surface area (Å²) in [4.78, 5) is 30.9. The predicted molar refractivity (Wildman–Crippen MR) is 129 cm³/mol. The van der Waals surface area contributed by atoms with E-state index in [1.54, 1.807) is 16.2 Å². The highest BCUT2D eigenvalue weighted by Crippen LogP contribution is 2.27. The number of hydrogen-bond donors (Lipinski definition) is 0. The van der Waals surface area contributed by atoms with Crippen LogP contribution in [0.1, 0.15) is 44.7 Å². The van der Waals surface area contributed by atoms with Crippen LogP contribution in [0.2, 0.25) is 0 Å². The van der Waals surface area contributed by atoms with Crippen molar-refractivity contribution in [2.24, 2.45) is 17.6 Å². The Morgan fingerprint density at radius 2 is 2.03 bits per heavy atom. The number of pyridine rings is 1. The SMILES string of the molecule is Cn1c(=O)n(CC(C)(C)C)c2ccc(-c3cc(CN4CCCC(N=O)C4)ccc3C#N)nc21. The molecule has 3 heterocycles. The van der Waals surface area contributed by atoms with E-state index in [1.807, 2.05) is 30.3 Å². The third-order valence-electron chi connectivity index (χ3n) is 6.13. The van der Waals surface area contributed by atoms with Crippen LogP contribution >= 0.6 is 0 Å². The Morgan fingerprint density at radius 1 is 1.24 bits per heavy atom. The van der Waals surface area contributed by atoms with Gasteiger partial charge in [0.2, 0.25) is 0 Å². The fourth-order valence-electron chi connectivity index (χ4n) is 4.57. The summed E-state index contributed by atoms with van der Waals surface area (Å²) in [5, 5.41) is 12.9. The Hall–Kier alpha value is -3.31. The van der Waals surface area contributed by atoms with Crippen LogP contribution in [0.15, 0.2) is 40.3 Å². The first-order valence-electron chi connectivity index (χ1n) is 11.3. The summed E-state index contributed by atoms with van der Waals surface area (Å²) < 4.78 is 3.34. The van der Waals surface area contributed by atoms with Crippen LogP contribution < -0.4 is 5.69 Å². The minimum Gasteiger partial charge on any atom is -0.297 e. The number of nitrogens with zero attached hydrogens (tertiary/aromatic N) is 6. The maximum absolute atomic E-state index is 12.9. The zero-order chi connectivity index (χ0) is 23.8. The van der Waals surface area contributed by atoms with Crippen LogP contribution in [0.25, 0.3) is 22.4 Å². The minimum absolute atomic E-state index is 0.0497. The number of piperidine rings is 1. The average Bonchev–Trinajstić information content (AvgIpc) is 3.02. The Balaban J connectivity index is 1.72. The lowest BCUT2D eigenvalue weighted by Crippen LogP contribution is -2.36. The lowest BCUT2D eigenvalue weighted by molar-refractivity contribution is 0.201. The lowest BCUT2D eigenvalue weighted by Gasteiger charge is -2.29. The quantitative estimate of drug-likeness (QED) is 0.551. The van der Waals surface area contributed by atoms with E-state index in [9.17, 15) is 15.0 Å². The molecule has 8 heteroatoms. The first kappa shape index (κ1) is 22.9. The summed E-state index contributed by atoms with van der Waals surface area (Å²) in [6, 6.07) is 11.7. The molecule has 1 aromatic carbocycles. The van der Waals surface area contributed by atoms with E-state index >= 15 is 0 Å². The second-order valence-corrected chi connectivity index (χ2v) is 10.2. The molecule has 1 saturated heterocycles. The average molecular weight is 447 g/mol. The molecule has 3 aromatic rings. The molecule has 0 aliphatic carbocycles. The van der Waals surface area contributed by atoms with Gasteiger partial charge in [-0.3, -0.25) is 14.0 Å². The number of nitroso groups, excluding NO2 is 1. The number of aryl methyl sites for hydroxylation is 1. The molecule has 0 radical (unpaired) electrons. The predicted octanol–water partition coefficient (Wildman–Crippen LogP) is 4.05. The largest absolute Gasteiger partial charge is 0.330 e. The molecule has 1 unspecified atom stereocenters. The molecule has 0 N–H and O–H groups in total. The second kappa shape index (κ2) is 8.91. The van der Waals surface area contributed by atoms with Crippen molar-refractivity contribution < 1.29 is 0 Å². The van der Waals surface area contributed by atoms with E-state index in [0.29, 0.717) is 36.5 Å². The molecule has 0 spiro atoms. The first-order valence-corrected chi connectivity index (χ1v) is 11.3. The fraction of sp³-hybridized carbons (Fsp3) is 0.480. The van der Waals surface area contributed by atoms with Crippen molar-refractivity contribution in [2.75, 3.05) is 13.1 Å². The summed E-state index contributed by atoms with van der Waals surface area (Å²) in [6.45, 7) is 9.16. The number of benzene rings is 1. The first-order chi connectivity index (χ1) is 15.7. The highest BCUT2D eigenvalue weighted by molar-refractivity contribution is 5.78. The van der Waals surface area contributed by atoms with E-state index in [0.717, 1.165) is 36.0 Å². The van der Waals surface area contributed by atoms with Gasteiger partial charge in [-0.2, -0.15) is 10.2 Å². The standard InChI is InChI=1S/C25H30N6O2/c1-25(2,3)16-31-22-10-9-21(27-23(22)29(4)24(31)32)20-12-17(7-8-18(20)13-26)14-30-11-5-6-19(15-30)28-33/h7-10,12,19H,5-6,11,14-16H2,1-4H3. The Labute approximate surface area is 193 Å². The Morgan fingerprint density at radius 3 is 2.73 bits per heavy atom. The fourth-order valence-corrected chi connectivity index (χ4v) is 4.57. The highest BCUT2D eigenvalue weighted by atomic mass is 16.3. The van der Waals surface area contributed by atoms with E-state index in [4.69, 9.17) is 4.98 Å². The molecule has 1 atom stereocenters. The molecule has 2 aromatic heterocycles. The van der Waals surface area contributed by atoms with Crippen LogP contribution in [0.4, 0.5) is 0 Å². The van der Waals surface area contributed by atoms with Gasteiger partial charge in [0.15, 0.2) is 5.65 Å². The van der Waals surface area contributed by atoms with Gasteiger partial charge in [-0.25, -0.2) is 9.78 Å². The zero-order valence-corrected chi connectivity index (χ0v) is 19.7. The van der Waals surface area contributed by atoms with Crippen LogP contribution in [0.3, 0.4) is 0 Å². The van der Waals surface area contributed by atoms with E-state index in [-0.39, 0.29) is 17.1 Å². The molecule has 1 fully saturated rings. The third-order valence-corrected chi connectivity index (χ3v) is 6.13. The van der Waals surface area contributed by atoms with E-state index < -0.39 is 0 Å². The number of fused-ring (bicyclic) bond motifs is 1. The summed E-state index contributed by atoms with van der Waals surface area (Å²) in [7, 11) is 1.73. The van der Waals surface area contributed by atoms with Crippen molar-refractivity contribution in [3.8, 4) is 17.3 Å². The summed E-state index contributed by atoms with van der Waals surface area (Å²) in [5.74, 6) is 0. The molecule has 8 nitrogen and oxygen atoms in total. The molecule has 0 bridgehead atoms. The second-order valence-electron chi connectivity index (χ2n) is 10.2. The minimum atomic E-state index is -0.154. The van der Waals surface area contributed by atoms with Gasteiger partial charge in [-0.15, -0.1) is 0 Å². The molecule has 0 amide bonds. The van der Waals surface area contributed by atoms with Gasteiger partial charge in [-0.05, 0) is 54.6 Å². The van der Waals surface area contributed by atoms with Crippen molar-refractivity contribution >= 4 is 11.2 Å². The number of rotatable bonds is 5. The topological polar surface area (TPSA) is 96.3 Å². The maximum Gasteiger partial charge on any atom is 0.330 e. The van der Waals surface area contributed by atoms with Gasteiger partial charge < -0.3 is 0 Å². The maximum atomic E-state index is 12.9. The van der Waals surface area contributed by atoms with Gasteiger partial charge in [-0.1, -0.05) is 32.0 Å². The van der Waals surface area contributed by atoms with Crippen molar-refractivity contribution in [2.45, 2.75) is 52.7 Å². The van der Waals surface area contributed by atoms with Crippen molar-refractivity contribution in [1.82, 2.24) is 19.0 Å². The summed E-state index contributed by atoms with van der Waals surface area (Å²) >= 11 is 0. The van der Waals surface area contributed by atoms with Gasteiger partial charge in [0.25, 0.3) is 0 Å². The van der Waals surface area contributed by atoms with Gasteiger partial charge in [0, 0.05) is 32.2 Å². The number of likely N-dealkylation sites (tertiary alicyclic amines) is 1. The van der Waals surface area contributed by atoms with Gasteiger partial charge in [0.1, 0.15) is 6.04 Å². The van der Waals surface area contributed by atoms with E-state index in [1.165, 1.54) is 0 Å². The molecule has 1 aliphatic heterocycles. The summed E-state index contributed by atoms with van der Waals surface area (Å²) in [5.41, 5.74) is 4.25. The molecule has 33 heavy (non-hydrogen) atoms. The Bertz CT molecular complexity index is 1290. The molecule has 1 aliphatic rings. The van der Waals surface area contributed by atoms with E-state index in [2.05, 4.69) is 36.9 Å². The highest BCUT2D eigenvalue weighted by Gasteiger charge is 2.22. The number of imidazole rings is 1. The van der Waals surface area contributed by atoms with Crippen LogP contribution in [0, 0.1) is 21.7 Å². The number of nitriles is 1. The third kappa shape index (κ3) is 4.74. The van der Waals surface area contributed by atoms with Crippen molar-refractivity contribution in [3.63, 3.8) is 0 Å². The smallest absolute Gasteiger partial charge is 0.297 e. The number of hydrogen-bond acceptors (Lipinski definition) is 6. The van der Waals surface area contributed by atoms with Crippen molar-refractivity contribution in [3.05, 3.63) is 56.9 Å². The summed E-state index contributed by atoms with van der Waals surface area (Å²) in [6.07, 6.45) is 1.80. The molecule has 4 rings (SSSR count). The normalized spacial score (nSPS) is 17.2. The lowest BCUT2D eigenvalue weighted by atomic mass is 9.97. The number of aromatic nitrogens is 3. The van der Waals surface area contributed by atoms with Crippen LogP contribution in [-0.2, 0) is 20.1 Å². The Kier molecular flexibility index (Phi) is 6.17. The molecule has 172 valence electrons. The van der Waals surface area contributed by atoms with Crippen LogP contribution in [0.5, 0.6) is 0 Å².